The Morgan fingerprint density at radius 2 is 1.77 bits per heavy atom. The van der Waals surface area contributed by atoms with Crippen LogP contribution in [-0.4, -0.2) is 16.7 Å². The lowest BCUT2D eigenvalue weighted by molar-refractivity contribution is -0.0190. The lowest BCUT2D eigenvalue weighted by Crippen LogP contribution is -2.33. The quantitative estimate of drug-likeness (QED) is 0.175. The van der Waals surface area contributed by atoms with Gasteiger partial charge >= 0.3 is 5.97 Å². The second-order valence-electron chi connectivity index (χ2n) is 8.24. The molecule has 0 radical (unpaired) electrons. The number of nitrogens with zero attached hydrogens (tertiary/aromatic N) is 2. The van der Waals surface area contributed by atoms with E-state index < -0.39 is 5.97 Å². The Morgan fingerprint density at radius 3 is 2.51 bits per heavy atom. The maximum absolute atomic E-state index is 12.5. The normalized spacial score (nSPS) is 18.3. The Hall–Kier alpha value is -2.94. The van der Waals surface area contributed by atoms with Crippen molar-refractivity contribution in [1.29, 1.82) is 0 Å². The number of rotatable bonds is 4. The van der Waals surface area contributed by atoms with E-state index in [0.717, 1.165) is 38.0 Å². The Bertz CT molecular complexity index is 1420. The molecule has 6 rings (SSSR count). The summed E-state index contributed by atoms with van der Waals surface area (Å²) in [5.74, 6) is 0.929. The number of hydrogen-bond donors (Lipinski definition) is 0. The van der Waals surface area contributed by atoms with Gasteiger partial charge in [-0.1, -0.05) is 37.9 Å². The van der Waals surface area contributed by atoms with Crippen LogP contribution in [0.25, 0.3) is 0 Å². The molecule has 35 heavy (non-hydrogen) atoms. The zero-order valence-corrected chi connectivity index (χ0v) is 22.2. The summed E-state index contributed by atoms with van der Waals surface area (Å²) in [4.78, 5) is 13.7. The third kappa shape index (κ3) is 4.42. The van der Waals surface area contributed by atoms with Crippen LogP contribution in [0.1, 0.15) is 45.1 Å². The molecule has 0 saturated heterocycles. The topological polar surface area (TPSA) is 51.1 Å². The Kier molecular flexibility index (Phi) is 5.96. The molecular formula is C27H18Br2N2O3S. The number of carbonyl (C=O) groups is 1. The second kappa shape index (κ2) is 9.26. The third-order valence-electron chi connectivity index (χ3n) is 6.01. The summed E-state index contributed by atoms with van der Waals surface area (Å²) in [7, 11) is 0. The summed E-state index contributed by atoms with van der Waals surface area (Å²) in [5, 5.41) is 9.11. The number of esters is 1. The summed E-state index contributed by atoms with van der Waals surface area (Å²) < 4.78 is 13.9. The first-order valence-corrected chi connectivity index (χ1v) is 13.5. The molecule has 4 aromatic rings. The molecule has 2 aliphatic heterocycles. The summed E-state index contributed by atoms with van der Waals surface area (Å²) >= 11 is 8.67. The number of carbonyl (C=O) groups excluding carboxylic acids is 1. The van der Waals surface area contributed by atoms with E-state index in [1.54, 1.807) is 35.6 Å². The molecule has 3 heterocycles. The van der Waals surface area contributed by atoms with E-state index in [-0.39, 0.29) is 12.3 Å². The maximum atomic E-state index is 12.5. The first-order chi connectivity index (χ1) is 17.0. The van der Waals surface area contributed by atoms with Gasteiger partial charge in [-0.25, -0.2) is 9.80 Å². The lowest BCUT2D eigenvalue weighted by atomic mass is 9.97. The van der Waals surface area contributed by atoms with E-state index in [0.29, 0.717) is 11.3 Å². The molecule has 2 atom stereocenters. The van der Waals surface area contributed by atoms with Crippen LogP contribution in [0.4, 0.5) is 0 Å². The number of thiophene rings is 1. The first kappa shape index (κ1) is 22.5. The van der Waals surface area contributed by atoms with Crippen LogP contribution in [0.15, 0.2) is 98.3 Å². The molecule has 3 aromatic carbocycles. The van der Waals surface area contributed by atoms with Crippen LogP contribution in [-0.2, 0) is 0 Å². The molecular weight excluding hydrogens is 592 g/mol. The SMILES string of the molecule is O=C(Oc1ccc(C2Oc3ccc(Br)cc3C3CC(c4cccs4)=NN32)cc1)c1ccc(Br)cc1. The molecule has 1 aromatic heterocycles. The lowest BCUT2D eigenvalue weighted by Gasteiger charge is -2.38. The van der Waals surface area contributed by atoms with Crippen molar-refractivity contribution in [3.05, 3.63) is 115 Å². The molecule has 2 aliphatic rings. The minimum Gasteiger partial charge on any atom is -0.464 e. The van der Waals surface area contributed by atoms with E-state index in [1.807, 2.05) is 47.5 Å². The van der Waals surface area contributed by atoms with Crippen molar-refractivity contribution in [3.63, 3.8) is 0 Å². The van der Waals surface area contributed by atoms with Gasteiger partial charge in [0.1, 0.15) is 11.5 Å². The van der Waals surface area contributed by atoms with Crippen molar-refractivity contribution >= 4 is 54.9 Å². The molecule has 0 amide bonds. The van der Waals surface area contributed by atoms with E-state index >= 15 is 0 Å². The van der Waals surface area contributed by atoms with Crippen molar-refractivity contribution < 1.29 is 14.3 Å². The average Bonchev–Trinajstić information content (AvgIpc) is 3.55. The number of hydrazone groups is 1. The molecule has 0 spiro atoms. The highest BCUT2D eigenvalue weighted by atomic mass is 79.9. The van der Waals surface area contributed by atoms with Crippen LogP contribution in [0.5, 0.6) is 11.5 Å². The summed E-state index contributed by atoms with van der Waals surface area (Å²) in [6.45, 7) is 0. The van der Waals surface area contributed by atoms with Crippen molar-refractivity contribution in [2.75, 3.05) is 0 Å². The Morgan fingerprint density at radius 1 is 1.00 bits per heavy atom. The smallest absolute Gasteiger partial charge is 0.343 e. The largest absolute Gasteiger partial charge is 0.464 e. The van der Waals surface area contributed by atoms with Gasteiger partial charge in [-0.15, -0.1) is 11.3 Å². The molecule has 0 bridgehead atoms. The van der Waals surface area contributed by atoms with E-state index in [2.05, 4.69) is 49.4 Å². The predicted octanol–water partition coefficient (Wildman–Crippen LogP) is 7.73. The van der Waals surface area contributed by atoms with Gasteiger partial charge in [-0.05, 0) is 78.2 Å². The average molecular weight is 610 g/mol. The van der Waals surface area contributed by atoms with Gasteiger partial charge in [0.15, 0.2) is 0 Å². The molecule has 0 fully saturated rings. The highest BCUT2D eigenvalue weighted by molar-refractivity contribution is 9.10. The van der Waals surface area contributed by atoms with Gasteiger partial charge in [-0.3, -0.25) is 0 Å². The van der Waals surface area contributed by atoms with Gasteiger partial charge in [0, 0.05) is 26.5 Å². The fourth-order valence-electron chi connectivity index (χ4n) is 4.32. The Balaban J connectivity index is 1.28. The highest BCUT2D eigenvalue weighted by Crippen LogP contribution is 2.48. The van der Waals surface area contributed by atoms with Gasteiger partial charge in [0.05, 0.1) is 22.2 Å². The van der Waals surface area contributed by atoms with Crippen molar-refractivity contribution in [2.45, 2.75) is 18.7 Å². The fraction of sp³-hybridized carbons (Fsp3) is 0.111. The van der Waals surface area contributed by atoms with Crippen molar-refractivity contribution in [1.82, 2.24) is 5.01 Å². The zero-order chi connectivity index (χ0) is 23.9. The van der Waals surface area contributed by atoms with Gasteiger partial charge < -0.3 is 9.47 Å². The number of benzene rings is 3. The number of halogens is 2. The molecule has 0 aliphatic carbocycles. The first-order valence-electron chi connectivity index (χ1n) is 11.0. The van der Waals surface area contributed by atoms with Crippen LogP contribution < -0.4 is 9.47 Å². The fourth-order valence-corrected chi connectivity index (χ4v) is 5.69. The molecule has 174 valence electrons. The summed E-state index contributed by atoms with van der Waals surface area (Å²) in [6, 6.07) is 24.9. The molecule has 5 nitrogen and oxygen atoms in total. The van der Waals surface area contributed by atoms with E-state index in [9.17, 15) is 4.79 Å². The monoisotopic (exact) mass is 608 g/mol. The number of hydrogen-bond acceptors (Lipinski definition) is 6. The van der Waals surface area contributed by atoms with Crippen molar-refractivity contribution in [2.24, 2.45) is 5.10 Å². The van der Waals surface area contributed by atoms with E-state index in [4.69, 9.17) is 14.6 Å². The number of ether oxygens (including phenoxy) is 2. The van der Waals surface area contributed by atoms with Gasteiger partial charge in [0.2, 0.25) is 6.23 Å². The summed E-state index contributed by atoms with van der Waals surface area (Å²) in [6.07, 6.45) is 0.426. The zero-order valence-electron chi connectivity index (χ0n) is 18.2. The number of fused-ring (bicyclic) bond motifs is 3. The molecule has 2 unspecified atom stereocenters. The molecule has 0 saturated carbocycles. The van der Waals surface area contributed by atoms with Crippen LogP contribution in [0, 0.1) is 0 Å². The van der Waals surface area contributed by atoms with Gasteiger partial charge in [0.25, 0.3) is 0 Å². The second-order valence-corrected chi connectivity index (χ2v) is 11.0. The van der Waals surface area contributed by atoms with Crippen LogP contribution >= 0.6 is 43.2 Å². The molecule has 0 N–H and O–H groups in total. The minimum atomic E-state index is -0.400. The standard InChI is InChI=1S/C27H18Br2N2O3S/c28-18-7-3-17(4-8-18)27(32)33-20-10-5-16(6-11-20)26-31-23(15-22(30-31)25-2-1-13-35-25)21-14-19(29)9-12-24(21)34-26/h1-14,23,26H,15H2. The van der Waals surface area contributed by atoms with Crippen molar-refractivity contribution in [3.8, 4) is 11.5 Å². The third-order valence-corrected chi connectivity index (χ3v) is 7.95. The summed E-state index contributed by atoms with van der Waals surface area (Å²) in [5.41, 5.74) is 3.60. The molecule has 8 heteroatoms. The van der Waals surface area contributed by atoms with Crippen LogP contribution in [0.2, 0.25) is 0 Å². The predicted molar refractivity (Wildman–Crippen MR) is 143 cm³/mol. The highest BCUT2D eigenvalue weighted by Gasteiger charge is 2.41. The maximum Gasteiger partial charge on any atom is 0.343 e. The van der Waals surface area contributed by atoms with Gasteiger partial charge in [-0.2, -0.15) is 5.10 Å². The minimum absolute atomic E-state index is 0.0771. The van der Waals surface area contributed by atoms with Crippen LogP contribution in [0.3, 0.4) is 0 Å². The Labute approximate surface area is 223 Å². The van der Waals surface area contributed by atoms with E-state index in [1.165, 1.54) is 4.88 Å².